The lowest BCUT2D eigenvalue weighted by Gasteiger charge is -2.11. The first-order valence-corrected chi connectivity index (χ1v) is 9.02. The van der Waals surface area contributed by atoms with E-state index in [-0.39, 0.29) is 12.3 Å². The number of aliphatic hydroxyl groups is 1. The summed E-state index contributed by atoms with van der Waals surface area (Å²) in [5, 5.41) is 12.7. The number of carbonyl (C=O) groups excluding carboxylic acids is 1. The molecule has 1 amide bonds. The van der Waals surface area contributed by atoms with Crippen molar-refractivity contribution in [3.05, 3.63) is 71.8 Å². The number of benzene rings is 2. The number of rotatable bonds is 8. The molecule has 2 unspecified atom stereocenters. The number of amides is 1. The van der Waals surface area contributed by atoms with Gasteiger partial charge < -0.3 is 10.4 Å². The maximum atomic E-state index is 11.9. The van der Waals surface area contributed by atoms with E-state index in [0.717, 1.165) is 11.1 Å². The molecule has 2 aromatic rings. The minimum absolute atomic E-state index is 0.00926. The number of aliphatic hydroxyl groups excluding tert-OH is 1. The van der Waals surface area contributed by atoms with Crippen molar-refractivity contribution in [2.75, 3.05) is 12.3 Å². The molecule has 0 bridgehead atoms. The lowest BCUT2D eigenvalue weighted by Crippen LogP contribution is -2.29. The zero-order chi connectivity index (χ0) is 16.5. The highest BCUT2D eigenvalue weighted by Crippen LogP contribution is 2.15. The van der Waals surface area contributed by atoms with Gasteiger partial charge in [0.25, 0.3) is 0 Å². The fraction of sp³-hybridized carbons (Fsp3) is 0.278. The van der Waals surface area contributed by atoms with E-state index >= 15 is 0 Å². The van der Waals surface area contributed by atoms with Gasteiger partial charge >= 0.3 is 0 Å². The Labute approximate surface area is 139 Å². The zero-order valence-corrected chi connectivity index (χ0v) is 13.7. The van der Waals surface area contributed by atoms with Crippen LogP contribution in [0.25, 0.3) is 0 Å². The van der Waals surface area contributed by atoms with Crippen LogP contribution in [0.3, 0.4) is 0 Å². The molecular formula is C18H21NO3S. The molecule has 0 radical (unpaired) electrons. The Hall–Kier alpha value is -1.98. The molecule has 2 aromatic carbocycles. The van der Waals surface area contributed by atoms with Crippen LogP contribution in [0.4, 0.5) is 0 Å². The molecule has 5 heteroatoms. The van der Waals surface area contributed by atoms with Gasteiger partial charge in [-0.15, -0.1) is 0 Å². The average Bonchev–Trinajstić information content (AvgIpc) is 2.56. The summed E-state index contributed by atoms with van der Waals surface area (Å²) < 4.78 is 11.9. The van der Waals surface area contributed by atoms with Crippen LogP contribution in [0.2, 0.25) is 0 Å². The lowest BCUT2D eigenvalue weighted by atomic mass is 10.1. The highest BCUT2D eigenvalue weighted by molar-refractivity contribution is 7.84. The van der Waals surface area contributed by atoms with E-state index in [2.05, 4.69) is 5.32 Å². The molecule has 23 heavy (non-hydrogen) atoms. The van der Waals surface area contributed by atoms with Crippen molar-refractivity contribution in [1.82, 2.24) is 5.32 Å². The van der Waals surface area contributed by atoms with E-state index < -0.39 is 16.9 Å². The normalized spacial score (nSPS) is 13.3. The van der Waals surface area contributed by atoms with Gasteiger partial charge in [0.1, 0.15) is 0 Å². The largest absolute Gasteiger partial charge is 0.388 e. The molecule has 0 fully saturated rings. The first kappa shape index (κ1) is 17.4. The Morgan fingerprint density at radius 1 is 1.04 bits per heavy atom. The third kappa shape index (κ3) is 6.34. The van der Waals surface area contributed by atoms with Gasteiger partial charge in [0.2, 0.25) is 5.91 Å². The van der Waals surface area contributed by atoms with Crippen molar-refractivity contribution in [2.45, 2.75) is 18.3 Å². The number of hydrogen-bond donors (Lipinski definition) is 2. The SMILES string of the molecule is O=C(CC(O)c1ccccc1)NCCS(=O)Cc1ccccc1. The van der Waals surface area contributed by atoms with Gasteiger partial charge in [-0.25, -0.2) is 0 Å². The Bertz CT molecular complexity index is 631. The summed E-state index contributed by atoms with van der Waals surface area (Å²) in [5.74, 6) is 0.656. The van der Waals surface area contributed by atoms with Gasteiger partial charge in [0.15, 0.2) is 0 Å². The van der Waals surface area contributed by atoms with Crippen LogP contribution in [0, 0.1) is 0 Å². The molecule has 0 aromatic heterocycles. The van der Waals surface area contributed by atoms with Crippen molar-refractivity contribution >= 4 is 16.7 Å². The second-order valence-corrected chi connectivity index (χ2v) is 6.83. The Balaban J connectivity index is 1.67. The second-order valence-electron chi connectivity index (χ2n) is 5.25. The predicted molar refractivity (Wildman–Crippen MR) is 92.2 cm³/mol. The standard InChI is InChI=1S/C18H21NO3S/c20-17(16-9-5-2-6-10-16)13-18(21)19-11-12-23(22)14-15-7-3-1-4-8-15/h1-10,17,20H,11-14H2,(H,19,21). The van der Waals surface area contributed by atoms with Crippen molar-refractivity contribution < 1.29 is 14.1 Å². The molecule has 0 saturated heterocycles. The number of carbonyl (C=O) groups is 1. The van der Waals surface area contributed by atoms with Gasteiger partial charge in [0, 0.05) is 28.9 Å². The molecule has 0 heterocycles. The van der Waals surface area contributed by atoms with Crippen molar-refractivity contribution in [3.63, 3.8) is 0 Å². The molecule has 2 atom stereocenters. The summed E-state index contributed by atoms with van der Waals surface area (Å²) in [7, 11) is -1.01. The quantitative estimate of drug-likeness (QED) is 0.779. The van der Waals surface area contributed by atoms with E-state index in [1.165, 1.54) is 0 Å². The summed E-state index contributed by atoms with van der Waals surface area (Å²) in [5.41, 5.74) is 1.74. The molecule has 0 saturated carbocycles. The smallest absolute Gasteiger partial charge is 0.222 e. The van der Waals surface area contributed by atoms with Gasteiger partial charge in [-0.3, -0.25) is 9.00 Å². The maximum Gasteiger partial charge on any atom is 0.222 e. The Kier molecular flexibility index (Phi) is 6.97. The monoisotopic (exact) mass is 331 g/mol. The molecule has 0 aliphatic carbocycles. The highest BCUT2D eigenvalue weighted by Gasteiger charge is 2.12. The molecule has 4 nitrogen and oxygen atoms in total. The minimum atomic E-state index is -1.01. The summed E-state index contributed by atoms with van der Waals surface area (Å²) in [6, 6.07) is 18.7. The summed E-state index contributed by atoms with van der Waals surface area (Å²) in [4.78, 5) is 11.8. The van der Waals surface area contributed by atoms with Crippen LogP contribution in [0.1, 0.15) is 23.7 Å². The molecule has 122 valence electrons. The average molecular weight is 331 g/mol. The van der Waals surface area contributed by atoms with Crippen LogP contribution < -0.4 is 5.32 Å². The molecule has 0 aliphatic rings. The Morgan fingerprint density at radius 3 is 2.30 bits per heavy atom. The van der Waals surface area contributed by atoms with Gasteiger partial charge in [-0.1, -0.05) is 60.7 Å². The van der Waals surface area contributed by atoms with E-state index in [9.17, 15) is 14.1 Å². The Morgan fingerprint density at radius 2 is 1.65 bits per heavy atom. The van der Waals surface area contributed by atoms with Crippen molar-refractivity contribution in [2.24, 2.45) is 0 Å². The fourth-order valence-electron chi connectivity index (χ4n) is 2.18. The predicted octanol–water partition coefficient (Wildman–Crippen LogP) is 2.18. The molecule has 2 rings (SSSR count). The maximum absolute atomic E-state index is 11.9. The minimum Gasteiger partial charge on any atom is -0.388 e. The van der Waals surface area contributed by atoms with Gasteiger partial charge in [-0.05, 0) is 11.1 Å². The fourth-order valence-corrected chi connectivity index (χ4v) is 3.22. The summed E-state index contributed by atoms with van der Waals surface area (Å²) in [6.45, 7) is 0.347. The van der Waals surface area contributed by atoms with E-state index in [1.807, 2.05) is 48.5 Å². The van der Waals surface area contributed by atoms with Crippen molar-refractivity contribution in [3.8, 4) is 0 Å². The van der Waals surface area contributed by atoms with Crippen LogP contribution >= 0.6 is 0 Å². The zero-order valence-electron chi connectivity index (χ0n) is 12.9. The molecule has 2 N–H and O–H groups in total. The summed E-state index contributed by atoms with van der Waals surface area (Å²) >= 11 is 0. The molecular weight excluding hydrogens is 310 g/mol. The van der Waals surface area contributed by atoms with Crippen LogP contribution in [0.5, 0.6) is 0 Å². The van der Waals surface area contributed by atoms with Gasteiger partial charge in [0.05, 0.1) is 12.5 Å². The molecule has 0 aliphatic heterocycles. The lowest BCUT2D eigenvalue weighted by molar-refractivity contribution is -0.122. The third-order valence-corrected chi connectivity index (χ3v) is 4.70. The second kappa shape index (κ2) is 9.22. The highest BCUT2D eigenvalue weighted by atomic mass is 32.2. The van der Waals surface area contributed by atoms with Crippen LogP contribution in [0.15, 0.2) is 60.7 Å². The van der Waals surface area contributed by atoms with Crippen LogP contribution in [-0.4, -0.2) is 27.5 Å². The van der Waals surface area contributed by atoms with E-state index in [4.69, 9.17) is 0 Å². The topological polar surface area (TPSA) is 66.4 Å². The number of hydrogen-bond acceptors (Lipinski definition) is 3. The first-order chi connectivity index (χ1) is 11.1. The summed E-state index contributed by atoms with van der Waals surface area (Å²) in [6.07, 6.45) is -0.805. The molecule has 0 spiro atoms. The van der Waals surface area contributed by atoms with Gasteiger partial charge in [-0.2, -0.15) is 0 Å². The van der Waals surface area contributed by atoms with Crippen LogP contribution in [-0.2, 0) is 21.3 Å². The van der Waals surface area contributed by atoms with Crippen molar-refractivity contribution in [1.29, 1.82) is 0 Å². The number of nitrogens with one attached hydrogen (secondary N) is 1. The van der Waals surface area contributed by atoms with E-state index in [1.54, 1.807) is 12.1 Å². The first-order valence-electron chi connectivity index (χ1n) is 7.54. The van der Waals surface area contributed by atoms with E-state index in [0.29, 0.717) is 18.1 Å². The third-order valence-electron chi connectivity index (χ3n) is 3.39.